The summed E-state index contributed by atoms with van der Waals surface area (Å²) in [5.41, 5.74) is 3.77. The second-order valence-corrected chi connectivity index (χ2v) is 8.65. The molecule has 2 heterocycles. The fraction of sp³-hybridized carbons (Fsp3) is 0.500. The third kappa shape index (κ3) is 6.03. The molecule has 1 amide bonds. The predicted molar refractivity (Wildman–Crippen MR) is 119 cm³/mol. The molecule has 6 nitrogen and oxygen atoms in total. The van der Waals surface area contributed by atoms with Gasteiger partial charge in [-0.15, -0.1) is 11.3 Å². The number of amides is 1. The summed E-state index contributed by atoms with van der Waals surface area (Å²) in [6, 6.07) is 8.41. The number of aryl methyl sites for hydroxylation is 2. The summed E-state index contributed by atoms with van der Waals surface area (Å²) in [5, 5.41) is 7.77. The van der Waals surface area contributed by atoms with Crippen LogP contribution in [0.4, 0.5) is 0 Å². The normalized spacial score (nSPS) is 13.9. The van der Waals surface area contributed by atoms with Crippen LogP contribution in [0.3, 0.4) is 0 Å². The first-order valence-corrected chi connectivity index (χ1v) is 11.1. The lowest BCUT2D eigenvalue weighted by molar-refractivity contribution is -0.132. The Bertz CT molecular complexity index is 841. The fourth-order valence-corrected chi connectivity index (χ4v) is 4.40. The zero-order valence-electron chi connectivity index (χ0n) is 17.6. The van der Waals surface area contributed by atoms with E-state index in [1.165, 1.54) is 16.0 Å². The Morgan fingerprint density at radius 2 is 1.97 bits per heavy atom. The topological polar surface area (TPSA) is 69.6 Å². The Morgan fingerprint density at radius 3 is 2.69 bits per heavy atom. The third-order valence-corrected chi connectivity index (χ3v) is 6.40. The molecule has 0 spiro atoms. The van der Waals surface area contributed by atoms with Crippen LogP contribution in [0.2, 0.25) is 0 Å². The molecule has 1 aromatic heterocycles. The van der Waals surface area contributed by atoms with Crippen molar-refractivity contribution in [3.63, 3.8) is 0 Å². The molecule has 29 heavy (non-hydrogen) atoms. The second-order valence-electron chi connectivity index (χ2n) is 7.36. The molecule has 0 unspecified atom stereocenters. The molecule has 0 aliphatic carbocycles. The predicted octanol–water partition coefficient (Wildman–Crippen LogP) is 2.83. The highest BCUT2D eigenvalue weighted by Gasteiger charge is 2.19. The van der Waals surface area contributed by atoms with Gasteiger partial charge in [-0.3, -0.25) is 9.79 Å². The van der Waals surface area contributed by atoms with E-state index in [9.17, 15) is 4.79 Å². The second kappa shape index (κ2) is 10.4. The van der Waals surface area contributed by atoms with Crippen molar-refractivity contribution in [2.75, 3.05) is 26.7 Å². The monoisotopic (exact) mass is 413 g/mol. The highest BCUT2D eigenvalue weighted by Crippen LogP contribution is 2.19. The zero-order valence-corrected chi connectivity index (χ0v) is 18.4. The maximum absolute atomic E-state index is 12.5. The van der Waals surface area contributed by atoms with Crippen molar-refractivity contribution in [2.45, 2.75) is 46.1 Å². The molecule has 2 N–H and O–H groups in total. The van der Waals surface area contributed by atoms with Gasteiger partial charge in [-0.05, 0) is 37.8 Å². The highest BCUT2D eigenvalue weighted by molar-refractivity contribution is 7.11. The van der Waals surface area contributed by atoms with E-state index in [1.807, 2.05) is 17.9 Å². The number of hydrogen-bond donors (Lipinski definition) is 2. The summed E-state index contributed by atoms with van der Waals surface area (Å²) in [6.45, 7) is 7.23. The molecule has 3 rings (SSSR count). The van der Waals surface area contributed by atoms with Crippen molar-refractivity contribution >= 4 is 23.2 Å². The number of fused-ring (bicyclic) bond motifs is 1. The van der Waals surface area contributed by atoms with Crippen LogP contribution in [-0.2, 0) is 24.2 Å². The van der Waals surface area contributed by atoms with Gasteiger partial charge in [0.05, 0.1) is 10.7 Å². The van der Waals surface area contributed by atoms with Crippen LogP contribution in [0.25, 0.3) is 0 Å². The first-order chi connectivity index (χ1) is 14.1. The minimum absolute atomic E-state index is 0.235. The Hall–Kier alpha value is -2.41. The standard InChI is InChI=1S/C22H31N5OS/c1-16-17(2)29-20(26-16)10-13-25-22(23-3)24-12-6-9-21(28)27-14-11-18-7-4-5-8-19(18)15-27/h4-5,7-8H,6,9-15H2,1-3H3,(H2,23,24,25). The average Bonchev–Trinajstić information content (AvgIpc) is 3.06. The molecule has 0 radical (unpaired) electrons. The Morgan fingerprint density at radius 1 is 1.21 bits per heavy atom. The highest BCUT2D eigenvalue weighted by atomic mass is 32.1. The molecular formula is C22H31N5OS. The van der Waals surface area contributed by atoms with Gasteiger partial charge in [-0.2, -0.15) is 0 Å². The number of carbonyl (C=O) groups is 1. The van der Waals surface area contributed by atoms with Crippen LogP contribution >= 0.6 is 11.3 Å². The Kier molecular flexibility index (Phi) is 7.63. The molecule has 1 aliphatic heterocycles. The van der Waals surface area contributed by atoms with Crippen LogP contribution in [0.1, 0.15) is 39.5 Å². The van der Waals surface area contributed by atoms with E-state index in [0.29, 0.717) is 6.42 Å². The van der Waals surface area contributed by atoms with E-state index < -0.39 is 0 Å². The average molecular weight is 414 g/mol. The number of guanidine groups is 1. The molecule has 0 saturated carbocycles. The maximum Gasteiger partial charge on any atom is 0.222 e. The van der Waals surface area contributed by atoms with Crippen molar-refractivity contribution in [3.05, 3.63) is 51.0 Å². The molecule has 156 valence electrons. The molecular weight excluding hydrogens is 382 g/mol. The third-order valence-electron chi connectivity index (χ3n) is 5.27. The smallest absolute Gasteiger partial charge is 0.222 e. The fourth-order valence-electron chi connectivity index (χ4n) is 3.47. The van der Waals surface area contributed by atoms with Crippen molar-refractivity contribution in [2.24, 2.45) is 4.99 Å². The van der Waals surface area contributed by atoms with Crippen molar-refractivity contribution < 1.29 is 4.79 Å². The van der Waals surface area contributed by atoms with E-state index in [0.717, 1.165) is 62.1 Å². The van der Waals surface area contributed by atoms with Crippen molar-refractivity contribution in [1.29, 1.82) is 0 Å². The molecule has 1 aliphatic rings. The number of nitrogens with zero attached hydrogens (tertiary/aromatic N) is 3. The van der Waals surface area contributed by atoms with Crippen LogP contribution in [-0.4, -0.2) is 48.4 Å². The minimum atomic E-state index is 0.235. The van der Waals surface area contributed by atoms with Crippen molar-refractivity contribution in [3.8, 4) is 0 Å². The molecule has 0 saturated heterocycles. The maximum atomic E-state index is 12.5. The quantitative estimate of drug-likeness (QED) is 0.416. The lowest BCUT2D eigenvalue weighted by Crippen LogP contribution is -2.39. The van der Waals surface area contributed by atoms with Crippen LogP contribution in [0.5, 0.6) is 0 Å². The summed E-state index contributed by atoms with van der Waals surface area (Å²) in [7, 11) is 1.77. The van der Waals surface area contributed by atoms with E-state index >= 15 is 0 Å². The minimum Gasteiger partial charge on any atom is -0.356 e. The van der Waals surface area contributed by atoms with Gasteiger partial charge in [0.1, 0.15) is 0 Å². The number of benzene rings is 1. The van der Waals surface area contributed by atoms with Gasteiger partial charge in [0.15, 0.2) is 5.96 Å². The number of carbonyl (C=O) groups excluding carboxylic acids is 1. The summed E-state index contributed by atoms with van der Waals surface area (Å²) in [6.07, 6.45) is 3.19. The van der Waals surface area contributed by atoms with E-state index in [4.69, 9.17) is 0 Å². The first kappa shape index (κ1) is 21.3. The van der Waals surface area contributed by atoms with Crippen LogP contribution in [0, 0.1) is 13.8 Å². The first-order valence-electron chi connectivity index (χ1n) is 10.3. The van der Waals surface area contributed by atoms with Gasteiger partial charge >= 0.3 is 0 Å². The molecule has 7 heteroatoms. The van der Waals surface area contributed by atoms with Gasteiger partial charge in [-0.1, -0.05) is 24.3 Å². The lowest BCUT2D eigenvalue weighted by Gasteiger charge is -2.29. The molecule has 2 aromatic rings. The summed E-state index contributed by atoms with van der Waals surface area (Å²) in [5.74, 6) is 1.01. The molecule has 0 bridgehead atoms. The number of rotatable bonds is 7. The van der Waals surface area contributed by atoms with Gasteiger partial charge in [0, 0.05) is 50.9 Å². The molecule has 0 fully saturated rings. The number of nitrogens with one attached hydrogen (secondary N) is 2. The van der Waals surface area contributed by atoms with E-state index in [1.54, 1.807) is 18.4 Å². The van der Waals surface area contributed by atoms with Gasteiger partial charge in [0.2, 0.25) is 5.91 Å². The van der Waals surface area contributed by atoms with Gasteiger partial charge in [0.25, 0.3) is 0 Å². The summed E-state index contributed by atoms with van der Waals surface area (Å²) < 4.78 is 0. The number of aliphatic imine (C=N–C) groups is 1. The van der Waals surface area contributed by atoms with Crippen LogP contribution in [0.15, 0.2) is 29.3 Å². The zero-order chi connectivity index (χ0) is 20.6. The van der Waals surface area contributed by atoms with E-state index in [2.05, 4.69) is 45.7 Å². The Labute approximate surface area is 177 Å². The van der Waals surface area contributed by atoms with Gasteiger partial charge in [-0.25, -0.2) is 4.98 Å². The number of thiazole rings is 1. The van der Waals surface area contributed by atoms with Gasteiger partial charge < -0.3 is 15.5 Å². The SMILES string of the molecule is CN=C(NCCCC(=O)N1CCc2ccccc2C1)NCCc1nc(C)c(C)s1. The summed E-state index contributed by atoms with van der Waals surface area (Å²) >= 11 is 1.75. The molecule has 1 aromatic carbocycles. The summed E-state index contributed by atoms with van der Waals surface area (Å²) in [4.78, 5) is 24.6. The number of hydrogen-bond acceptors (Lipinski definition) is 4. The lowest BCUT2D eigenvalue weighted by atomic mass is 9.99. The Balaban J connectivity index is 1.33. The molecule has 0 atom stereocenters. The van der Waals surface area contributed by atoms with Crippen LogP contribution < -0.4 is 10.6 Å². The van der Waals surface area contributed by atoms with E-state index in [-0.39, 0.29) is 5.91 Å². The van der Waals surface area contributed by atoms with Crippen molar-refractivity contribution in [1.82, 2.24) is 20.5 Å². The number of aromatic nitrogens is 1. The largest absolute Gasteiger partial charge is 0.356 e.